The van der Waals surface area contributed by atoms with Gasteiger partial charge in [0.1, 0.15) is 0 Å². The molecule has 0 spiro atoms. The van der Waals surface area contributed by atoms with Gasteiger partial charge in [-0.15, -0.1) is 11.3 Å². The second-order valence-corrected chi connectivity index (χ2v) is 7.03. The number of aryl methyl sites for hydroxylation is 1. The quantitative estimate of drug-likeness (QED) is 0.671. The zero-order chi connectivity index (χ0) is 16.8. The van der Waals surface area contributed by atoms with Gasteiger partial charge in [0.05, 0.1) is 23.3 Å². The Balaban J connectivity index is 1.49. The van der Waals surface area contributed by atoms with Gasteiger partial charge in [-0.1, -0.05) is 12.1 Å². The third-order valence-corrected chi connectivity index (χ3v) is 4.85. The number of nitrogens with zero attached hydrogens (tertiary/aromatic N) is 3. The van der Waals surface area contributed by atoms with Crippen LogP contribution in [0, 0.1) is 6.92 Å². The number of carbonyl (C=O) groups excluding carboxylic acids is 1. The molecule has 2 aromatic rings. The van der Waals surface area contributed by atoms with Gasteiger partial charge in [0.25, 0.3) is 0 Å². The SMILES string of the molecule is Cc1nc(CC(=O)N/N=C/c2ccc(N3CCCCC3)cc2)cs1. The smallest absolute Gasteiger partial charge is 0.246 e. The molecule has 0 atom stereocenters. The fraction of sp³-hybridized carbons (Fsp3) is 0.389. The van der Waals surface area contributed by atoms with Crippen LogP contribution in [0.1, 0.15) is 35.5 Å². The van der Waals surface area contributed by atoms with Crippen LogP contribution < -0.4 is 10.3 Å². The van der Waals surface area contributed by atoms with Gasteiger partial charge >= 0.3 is 0 Å². The molecular weight excluding hydrogens is 320 g/mol. The minimum Gasteiger partial charge on any atom is -0.372 e. The molecule has 0 saturated carbocycles. The van der Waals surface area contributed by atoms with E-state index in [0.29, 0.717) is 0 Å². The number of aromatic nitrogens is 1. The maximum Gasteiger partial charge on any atom is 0.246 e. The first kappa shape index (κ1) is 16.6. The van der Waals surface area contributed by atoms with Crippen molar-refractivity contribution in [2.45, 2.75) is 32.6 Å². The summed E-state index contributed by atoms with van der Waals surface area (Å²) in [5.74, 6) is -0.151. The van der Waals surface area contributed by atoms with Gasteiger partial charge in [0.15, 0.2) is 0 Å². The van der Waals surface area contributed by atoms with E-state index in [1.54, 1.807) is 17.6 Å². The molecule has 1 N–H and O–H groups in total. The van der Waals surface area contributed by atoms with E-state index in [0.717, 1.165) is 29.4 Å². The average molecular weight is 342 g/mol. The molecule has 1 amide bonds. The molecule has 1 aromatic carbocycles. The van der Waals surface area contributed by atoms with Gasteiger partial charge in [0.2, 0.25) is 5.91 Å². The van der Waals surface area contributed by atoms with Crippen LogP contribution in [-0.2, 0) is 11.2 Å². The summed E-state index contributed by atoms with van der Waals surface area (Å²) in [5, 5.41) is 6.89. The third kappa shape index (κ3) is 4.64. The number of hydrazone groups is 1. The number of benzene rings is 1. The molecular formula is C18H22N4OS. The number of thiazole rings is 1. The molecule has 6 heteroatoms. The van der Waals surface area contributed by atoms with E-state index < -0.39 is 0 Å². The van der Waals surface area contributed by atoms with Crippen molar-refractivity contribution in [3.63, 3.8) is 0 Å². The lowest BCUT2D eigenvalue weighted by atomic mass is 10.1. The van der Waals surface area contributed by atoms with Crippen LogP contribution in [0.5, 0.6) is 0 Å². The minimum atomic E-state index is -0.151. The Hall–Kier alpha value is -2.21. The van der Waals surface area contributed by atoms with Crippen LogP contribution >= 0.6 is 11.3 Å². The molecule has 1 aromatic heterocycles. The van der Waals surface area contributed by atoms with Crippen LogP contribution in [0.3, 0.4) is 0 Å². The van der Waals surface area contributed by atoms with Crippen molar-refractivity contribution in [2.24, 2.45) is 5.10 Å². The summed E-state index contributed by atoms with van der Waals surface area (Å²) in [7, 11) is 0. The van der Waals surface area contributed by atoms with Crippen LogP contribution in [-0.4, -0.2) is 30.2 Å². The lowest BCUT2D eigenvalue weighted by Gasteiger charge is -2.28. The fourth-order valence-corrected chi connectivity index (χ4v) is 3.41. The summed E-state index contributed by atoms with van der Waals surface area (Å²) < 4.78 is 0. The lowest BCUT2D eigenvalue weighted by Crippen LogP contribution is -2.29. The highest BCUT2D eigenvalue weighted by molar-refractivity contribution is 7.09. The van der Waals surface area contributed by atoms with Crippen molar-refractivity contribution in [2.75, 3.05) is 18.0 Å². The Morgan fingerprint density at radius 2 is 2.04 bits per heavy atom. The standard InChI is InChI=1S/C18H22N4OS/c1-14-20-16(13-24-14)11-18(23)21-19-12-15-5-7-17(8-6-15)22-9-3-2-4-10-22/h5-8,12-13H,2-4,9-11H2,1H3,(H,21,23)/b19-12+. The van der Waals surface area contributed by atoms with Gasteiger partial charge < -0.3 is 4.90 Å². The maximum atomic E-state index is 11.8. The third-order valence-electron chi connectivity index (χ3n) is 4.03. The molecule has 2 heterocycles. The molecule has 5 nitrogen and oxygen atoms in total. The zero-order valence-corrected chi connectivity index (χ0v) is 14.7. The molecule has 0 bridgehead atoms. The highest BCUT2D eigenvalue weighted by Gasteiger charge is 2.10. The number of amides is 1. The van der Waals surface area contributed by atoms with Gasteiger partial charge in [-0.3, -0.25) is 4.79 Å². The van der Waals surface area contributed by atoms with Crippen molar-refractivity contribution in [1.29, 1.82) is 0 Å². The second-order valence-electron chi connectivity index (χ2n) is 5.97. The first-order valence-corrected chi connectivity index (χ1v) is 9.16. The van der Waals surface area contributed by atoms with Crippen LogP contribution in [0.15, 0.2) is 34.7 Å². The van der Waals surface area contributed by atoms with Crippen LogP contribution in [0.25, 0.3) is 0 Å². The predicted molar refractivity (Wildman–Crippen MR) is 98.8 cm³/mol. The molecule has 1 saturated heterocycles. The molecule has 1 aliphatic heterocycles. The summed E-state index contributed by atoms with van der Waals surface area (Å²) >= 11 is 1.55. The van der Waals surface area contributed by atoms with E-state index in [2.05, 4.69) is 32.5 Å². The molecule has 0 radical (unpaired) electrons. The first-order chi connectivity index (χ1) is 11.7. The largest absolute Gasteiger partial charge is 0.372 e. The van der Waals surface area contributed by atoms with Crippen LogP contribution in [0.2, 0.25) is 0 Å². The Kier molecular flexibility index (Phi) is 5.59. The number of piperidine rings is 1. The fourth-order valence-electron chi connectivity index (χ4n) is 2.80. The van der Waals surface area contributed by atoms with Gasteiger partial charge in [-0.2, -0.15) is 5.10 Å². The van der Waals surface area contributed by atoms with E-state index in [1.807, 2.05) is 24.4 Å². The zero-order valence-electron chi connectivity index (χ0n) is 13.9. The van der Waals surface area contributed by atoms with E-state index in [1.165, 1.54) is 24.9 Å². The highest BCUT2D eigenvalue weighted by Crippen LogP contribution is 2.19. The van der Waals surface area contributed by atoms with Crippen molar-refractivity contribution in [3.05, 3.63) is 45.9 Å². The van der Waals surface area contributed by atoms with E-state index in [4.69, 9.17) is 0 Å². The van der Waals surface area contributed by atoms with Crippen molar-refractivity contribution in [3.8, 4) is 0 Å². The Bertz CT molecular complexity index is 702. The molecule has 126 valence electrons. The van der Waals surface area contributed by atoms with Gasteiger partial charge in [-0.25, -0.2) is 10.4 Å². The summed E-state index contributed by atoms with van der Waals surface area (Å²) in [6.07, 6.45) is 5.81. The topological polar surface area (TPSA) is 57.6 Å². The minimum absolute atomic E-state index is 0.151. The molecule has 3 rings (SSSR count). The maximum absolute atomic E-state index is 11.8. The number of hydrogen-bond donors (Lipinski definition) is 1. The monoisotopic (exact) mass is 342 g/mol. The number of nitrogens with one attached hydrogen (secondary N) is 1. The predicted octanol–water partition coefficient (Wildman–Crippen LogP) is 3.13. The summed E-state index contributed by atoms with van der Waals surface area (Å²) in [6.45, 7) is 4.21. The summed E-state index contributed by atoms with van der Waals surface area (Å²) in [5.41, 5.74) is 5.57. The molecule has 1 aliphatic rings. The Morgan fingerprint density at radius 1 is 1.29 bits per heavy atom. The second kappa shape index (κ2) is 8.06. The molecule has 24 heavy (non-hydrogen) atoms. The Morgan fingerprint density at radius 3 is 2.71 bits per heavy atom. The van der Waals surface area contributed by atoms with Crippen molar-refractivity contribution in [1.82, 2.24) is 10.4 Å². The van der Waals surface area contributed by atoms with Crippen LogP contribution in [0.4, 0.5) is 5.69 Å². The lowest BCUT2D eigenvalue weighted by molar-refractivity contribution is -0.120. The molecule has 0 aliphatic carbocycles. The number of hydrogen-bond acceptors (Lipinski definition) is 5. The van der Waals surface area contributed by atoms with E-state index in [9.17, 15) is 4.79 Å². The molecule has 1 fully saturated rings. The number of rotatable bonds is 5. The van der Waals surface area contributed by atoms with Crippen molar-refractivity contribution < 1.29 is 4.79 Å². The number of carbonyl (C=O) groups is 1. The van der Waals surface area contributed by atoms with Gasteiger partial charge in [0, 0.05) is 24.2 Å². The van der Waals surface area contributed by atoms with E-state index >= 15 is 0 Å². The average Bonchev–Trinajstić information content (AvgIpc) is 3.01. The highest BCUT2D eigenvalue weighted by atomic mass is 32.1. The normalized spacial score (nSPS) is 15.0. The van der Waals surface area contributed by atoms with Crippen molar-refractivity contribution >= 4 is 29.1 Å². The summed E-state index contributed by atoms with van der Waals surface area (Å²) in [4.78, 5) is 18.5. The Labute approximate surface area is 146 Å². The van der Waals surface area contributed by atoms with Gasteiger partial charge in [-0.05, 0) is 43.9 Å². The molecule has 0 unspecified atom stereocenters. The first-order valence-electron chi connectivity index (χ1n) is 8.28. The van der Waals surface area contributed by atoms with E-state index in [-0.39, 0.29) is 12.3 Å². The number of anilines is 1. The summed E-state index contributed by atoms with van der Waals surface area (Å²) in [6, 6.07) is 8.30.